The maximum absolute atomic E-state index is 11.5. The van der Waals surface area contributed by atoms with Crippen LogP contribution in [-0.2, 0) is 20.4 Å². The van der Waals surface area contributed by atoms with Crippen LogP contribution in [0.5, 0.6) is 0 Å². The number of imidazole rings is 1. The zero-order chi connectivity index (χ0) is 14.9. The summed E-state index contributed by atoms with van der Waals surface area (Å²) in [6.07, 6.45) is 2.67. The van der Waals surface area contributed by atoms with Crippen molar-refractivity contribution < 1.29 is 23.7 Å². The van der Waals surface area contributed by atoms with Crippen LogP contribution in [0, 0.1) is 5.92 Å². The minimum Gasteiger partial charge on any atom is -0.382 e. The van der Waals surface area contributed by atoms with Gasteiger partial charge in [-0.15, -0.1) is 0 Å². The molecule has 0 bridgehead atoms. The fraction of sp³-hybridized carbons (Fsp3) is 0.333. The highest BCUT2D eigenvalue weighted by molar-refractivity contribution is 7.46. The number of anilines is 1. The van der Waals surface area contributed by atoms with Crippen LogP contribution in [-0.4, -0.2) is 35.3 Å². The summed E-state index contributed by atoms with van der Waals surface area (Å²) in [6, 6.07) is 0. The molecule has 2 rings (SSSR count). The van der Waals surface area contributed by atoms with Gasteiger partial charge >= 0.3 is 13.8 Å². The first-order valence-corrected chi connectivity index (χ1v) is 7.01. The van der Waals surface area contributed by atoms with Crippen LogP contribution >= 0.6 is 7.82 Å². The van der Waals surface area contributed by atoms with Gasteiger partial charge in [0.1, 0.15) is 11.8 Å². The van der Waals surface area contributed by atoms with Gasteiger partial charge in [0.05, 0.1) is 12.2 Å². The minimum absolute atomic E-state index is 0.0891. The summed E-state index contributed by atoms with van der Waals surface area (Å²) in [5, 5.41) is 0. The molecule has 1 atom stereocenters. The Kier molecular flexibility index (Phi) is 3.71. The average molecular weight is 301 g/mol. The number of nitrogen functional groups attached to an aromatic ring is 1. The second-order valence-electron chi connectivity index (χ2n) is 4.13. The summed E-state index contributed by atoms with van der Waals surface area (Å²) in [5.41, 5.74) is 6.44. The third-order valence-electron chi connectivity index (χ3n) is 2.51. The normalized spacial score (nSPS) is 13.3. The molecule has 2 aromatic rings. The number of hydrogen-bond donors (Lipinski definition) is 3. The number of fused-ring (bicyclic) bond motifs is 1. The fourth-order valence-electron chi connectivity index (χ4n) is 1.61. The second-order valence-corrected chi connectivity index (χ2v) is 5.29. The van der Waals surface area contributed by atoms with Crippen LogP contribution in [0.4, 0.5) is 5.82 Å². The number of carbonyl (C=O) groups excluding carboxylic acids is 1. The first-order chi connectivity index (χ1) is 9.28. The zero-order valence-electron chi connectivity index (χ0n) is 10.4. The summed E-state index contributed by atoms with van der Waals surface area (Å²) in [5.74, 6) is -1.60. The van der Waals surface area contributed by atoms with Gasteiger partial charge in [-0.1, -0.05) is 6.92 Å². The monoisotopic (exact) mass is 301 g/mol. The highest BCUT2D eigenvalue weighted by Gasteiger charge is 2.25. The van der Waals surface area contributed by atoms with Crippen LogP contribution in [0.15, 0.2) is 12.7 Å². The quantitative estimate of drug-likeness (QED) is 0.644. The summed E-state index contributed by atoms with van der Waals surface area (Å²) >= 11 is 0. The molecule has 0 fully saturated rings. The van der Waals surface area contributed by atoms with E-state index in [-0.39, 0.29) is 12.4 Å². The summed E-state index contributed by atoms with van der Waals surface area (Å²) < 4.78 is 16.1. The molecule has 0 saturated heterocycles. The second kappa shape index (κ2) is 5.16. The molecule has 0 radical (unpaired) electrons. The lowest BCUT2D eigenvalue weighted by molar-refractivity contribution is -0.140. The van der Waals surface area contributed by atoms with Gasteiger partial charge < -0.3 is 14.8 Å². The molecule has 0 aliphatic rings. The van der Waals surface area contributed by atoms with E-state index in [1.807, 2.05) is 0 Å². The lowest BCUT2D eigenvalue weighted by Crippen LogP contribution is -2.19. The Morgan fingerprint density at radius 1 is 1.50 bits per heavy atom. The summed E-state index contributed by atoms with van der Waals surface area (Å²) in [4.78, 5) is 40.4. The van der Waals surface area contributed by atoms with E-state index in [1.165, 1.54) is 24.1 Å². The molecule has 10 nitrogen and oxygen atoms in total. The molecule has 2 heterocycles. The van der Waals surface area contributed by atoms with Crippen LogP contribution < -0.4 is 5.73 Å². The lowest BCUT2D eigenvalue weighted by Gasteiger charge is -2.12. The zero-order valence-corrected chi connectivity index (χ0v) is 11.3. The molecule has 0 aliphatic carbocycles. The van der Waals surface area contributed by atoms with Gasteiger partial charge in [-0.05, 0) is 0 Å². The first-order valence-electron chi connectivity index (χ1n) is 5.48. The summed E-state index contributed by atoms with van der Waals surface area (Å²) in [7, 11) is -4.84. The van der Waals surface area contributed by atoms with Gasteiger partial charge in [0.2, 0.25) is 0 Å². The van der Waals surface area contributed by atoms with Crippen LogP contribution in [0.2, 0.25) is 0 Å². The topological polar surface area (TPSA) is 153 Å². The predicted molar refractivity (Wildman–Crippen MR) is 67.0 cm³/mol. The molecule has 4 N–H and O–H groups in total. The Labute approximate surface area is 112 Å². The van der Waals surface area contributed by atoms with E-state index >= 15 is 0 Å². The third kappa shape index (κ3) is 3.10. The molecule has 0 aromatic carbocycles. The Morgan fingerprint density at radius 2 is 2.20 bits per heavy atom. The van der Waals surface area contributed by atoms with E-state index in [1.54, 1.807) is 0 Å². The number of carbonyl (C=O) groups is 1. The Hall–Kier alpha value is -2.03. The standard InChI is InChI=1S/C9H12N5O5P/c1-5(9(15)19-20(16,17)18)2-14-4-13-6-7(10)11-3-12-8(6)14/h3-5H,2H2,1H3,(H2,10,11,12)(H2,16,17,18). The number of rotatable bonds is 4. The number of phosphoric acid groups is 1. The van der Waals surface area contributed by atoms with E-state index in [9.17, 15) is 9.36 Å². The molecule has 108 valence electrons. The Balaban J connectivity index is 2.18. The number of nitrogens with two attached hydrogens (primary N) is 1. The van der Waals surface area contributed by atoms with E-state index < -0.39 is 19.7 Å². The number of aromatic nitrogens is 4. The largest absolute Gasteiger partial charge is 0.526 e. The highest BCUT2D eigenvalue weighted by Crippen LogP contribution is 2.37. The van der Waals surface area contributed by atoms with E-state index in [2.05, 4.69) is 19.5 Å². The van der Waals surface area contributed by atoms with Crippen molar-refractivity contribution in [3.8, 4) is 0 Å². The predicted octanol–water partition coefficient (Wildman–Crippen LogP) is -0.320. The Morgan fingerprint density at radius 3 is 2.85 bits per heavy atom. The fourth-order valence-corrected chi connectivity index (χ4v) is 2.02. The third-order valence-corrected chi connectivity index (χ3v) is 2.93. The van der Waals surface area contributed by atoms with Crippen LogP contribution in [0.3, 0.4) is 0 Å². The van der Waals surface area contributed by atoms with Gasteiger partial charge in [-0.3, -0.25) is 14.6 Å². The molecule has 11 heteroatoms. The molecule has 2 aromatic heterocycles. The number of nitrogens with zero attached hydrogens (tertiary/aromatic N) is 4. The van der Waals surface area contributed by atoms with Gasteiger partial charge in [0, 0.05) is 6.54 Å². The van der Waals surface area contributed by atoms with Crippen LogP contribution in [0.25, 0.3) is 11.2 Å². The van der Waals surface area contributed by atoms with Crippen molar-refractivity contribution in [2.75, 3.05) is 5.73 Å². The van der Waals surface area contributed by atoms with Crippen molar-refractivity contribution in [1.29, 1.82) is 0 Å². The molecule has 1 unspecified atom stereocenters. The molecule has 0 spiro atoms. The maximum atomic E-state index is 11.5. The average Bonchev–Trinajstić information content (AvgIpc) is 2.72. The molecule has 0 amide bonds. The van der Waals surface area contributed by atoms with Crippen molar-refractivity contribution >= 4 is 30.8 Å². The Bertz CT molecular complexity index is 695. The van der Waals surface area contributed by atoms with Crippen molar-refractivity contribution in [3.63, 3.8) is 0 Å². The number of hydrogen-bond acceptors (Lipinski definition) is 7. The molecule has 0 aliphatic heterocycles. The molecule has 20 heavy (non-hydrogen) atoms. The van der Waals surface area contributed by atoms with Gasteiger partial charge in [-0.25, -0.2) is 19.5 Å². The smallest absolute Gasteiger partial charge is 0.382 e. The molecular formula is C9H12N5O5P. The van der Waals surface area contributed by atoms with E-state index in [0.29, 0.717) is 11.2 Å². The maximum Gasteiger partial charge on any atom is 0.526 e. The summed E-state index contributed by atoms with van der Waals surface area (Å²) in [6.45, 7) is 1.56. The van der Waals surface area contributed by atoms with Gasteiger partial charge in [-0.2, -0.15) is 0 Å². The number of phosphoric ester groups is 1. The van der Waals surface area contributed by atoms with Crippen LogP contribution in [0.1, 0.15) is 6.92 Å². The lowest BCUT2D eigenvalue weighted by atomic mass is 10.2. The minimum atomic E-state index is -4.84. The first kappa shape index (κ1) is 14.4. The van der Waals surface area contributed by atoms with E-state index in [4.69, 9.17) is 15.5 Å². The SMILES string of the molecule is CC(Cn1cnc2c(N)ncnc21)C(=O)OP(=O)(O)O. The molecule has 0 saturated carbocycles. The van der Waals surface area contributed by atoms with Crippen molar-refractivity contribution in [1.82, 2.24) is 19.5 Å². The molecular weight excluding hydrogens is 289 g/mol. The van der Waals surface area contributed by atoms with Crippen molar-refractivity contribution in [3.05, 3.63) is 12.7 Å². The van der Waals surface area contributed by atoms with Crippen molar-refractivity contribution in [2.24, 2.45) is 5.92 Å². The highest BCUT2D eigenvalue weighted by atomic mass is 31.2. The van der Waals surface area contributed by atoms with Gasteiger partial charge in [0.15, 0.2) is 11.5 Å². The van der Waals surface area contributed by atoms with Gasteiger partial charge in [0.25, 0.3) is 0 Å². The van der Waals surface area contributed by atoms with E-state index in [0.717, 1.165) is 0 Å². The van der Waals surface area contributed by atoms with Crippen molar-refractivity contribution in [2.45, 2.75) is 13.5 Å².